The van der Waals surface area contributed by atoms with E-state index in [9.17, 15) is 4.79 Å². The summed E-state index contributed by atoms with van der Waals surface area (Å²) in [7, 11) is 0. The summed E-state index contributed by atoms with van der Waals surface area (Å²) in [6.07, 6.45) is 5.65. The number of nitrogens with zero attached hydrogens (tertiary/aromatic N) is 1. The molecule has 1 fully saturated rings. The first-order chi connectivity index (χ1) is 6.66. The maximum absolute atomic E-state index is 11.0. The fourth-order valence-electron chi connectivity index (χ4n) is 1.72. The second-order valence-electron chi connectivity index (χ2n) is 4.05. The smallest absolute Gasteiger partial charge is 0.251 e. The Morgan fingerprint density at radius 2 is 2.43 bits per heavy atom. The first-order valence-corrected chi connectivity index (χ1v) is 5.39. The van der Waals surface area contributed by atoms with Gasteiger partial charge in [0.15, 0.2) is 4.77 Å². The number of aromatic nitrogens is 2. The Bertz CT molecular complexity index is 430. The number of aromatic amines is 1. The molecule has 14 heavy (non-hydrogen) atoms. The number of nitrogens with one attached hydrogen (secondary N) is 1. The lowest BCUT2D eigenvalue weighted by atomic mass is 10.1. The fourth-order valence-corrected chi connectivity index (χ4v) is 2.07. The minimum Gasteiger partial charge on any atom is -0.322 e. The predicted octanol–water partition coefficient (Wildman–Crippen LogP) is 2.27. The van der Waals surface area contributed by atoms with E-state index in [0.717, 1.165) is 5.92 Å². The average Bonchev–Trinajstić information content (AvgIpc) is 2.87. The average molecular weight is 210 g/mol. The van der Waals surface area contributed by atoms with Gasteiger partial charge in [-0.3, -0.25) is 9.78 Å². The topological polar surface area (TPSA) is 37.8 Å². The lowest BCUT2D eigenvalue weighted by Crippen LogP contribution is -2.14. The number of hydrogen-bond donors (Lipinski definition) is 1. The van der Waals surface area contributed by atoms with E-state index >= 15 is 0 Å². The van der Waals surface area contributed by atoms with E-state index < -0.39 is 0 Å². The Morgan fingerprint density at radius 1 is 1.71 bits per heavy atom. The van der Waals surface area contributed by atoms with Crippen molar-refractivity contribution in [3.63, 3.8) is 0 Å². The molecule has 1 saturated carbocycles. The van der Waals surface area contributed by atoms with Crippen molar-refractivity contribution < 1.29 is 0 Å². The van der Waals surface area contributed by atoms with E-state index in [0.29, 0.717) is 10.8 Å². The van der Waals surface area contributed by atoms with Crippen LogP contribution in [0.25, 0.3) is 0 Å². The van der Waals surface area contributed by atoms with Crippen LogP contribution in [-0.2, 0) is 0 Å². The van der Waals surface area contributed by atoms with Crippen LogP contribution >= 0.6 is 12.2 Å². The minimum atomic E-state index is -0.120. The van der Waals surface area contributed by atoms with Crippen LogP contribution in [0.15, 0.2) is 17.1 Å². The minimum absolute atomic E-state index is 0.120. The number of hydrogen-bond acceptors (Lipinski definition) is 2. The highest BCUT2D eigenvalue weighted by Crippen LogP contribution is 2.36. The highest BCUT2D eigenvalue weighted by molar-refractivity contribution is 7.71. The van der Waals surface area contributed by atoms with Crippen LogP contribution in [-0.4, -0.2) is 9.55 Å². The molecule has 2 rings (SSSR count). The van der Waals surface area contributed by atoms with Crippen LogP contribution in [0.3, 0.4) is 0 Å². The van der Waals surface area contributed by atoms with Gasteiger partial charge in [-0.05, 0) is 31.5 Å². The summed E-state index contributed by atoms with van der Waals surface area (Å²) in [4.78, 5) is 13.6. The van der Waals surface area contributed by atoms with Crippen molar-refractivity contribution >= 4 is 12.2 Å². The Morgan fingerprint density at radius 3 is 3.00 bits per heavy atom. The molecule has 0 aliphatic heterocycles. The van der Waals surface area contributed by atoms with Gasteiger partial charge in [0, 0.05) is 18.3 Å². The zero-order valence-electron chi connectivity index (χ0n) is 8.19. The van der Waals surface area contributed by atoms with Gasteiger partial charge in [0.25, 0.3) is 5.56 Å². The standard InChI is InChI=1S/C10H14N2OS/c1-7(6-8-2-3-8)12-5-4-9(13)11-10(12)14/h4-5,7-8H,2-3,6H2,1H3,(H,11,13,14). The van der Waals surface area contributed by atoms with Crippen molar-refractivity contribution in [1.82, 2.24) is 9.55 Å². The molecule has 76 valence electrons. The molecule has 4 heteroatoms. The van der Waals surface area contributed by atoms with Gasteiger partial charge >= 0.3 is 0 Å². The van der Waals surface area contributed by atoms with Crippen molar-refractivity contribution in [2.45, 2.75) is 32.2 Å². The molecule has 1 N–H and O–H groups in total. The molecular formula is C10H14N2OS. The maximum atomic E-state index is 11.0. The molecule has 0 spiro atoms. The number of rotatable bonds is 3. The Labute approximate surface area is 87.8 Å². The van der Waals surface area contributed by atoms with Crippen LogP contribution in [0.4, 0.5) is 0 Å². The summed E-state index contributed by atoms with van der Waals surface area (Å²) in [6, 6.07) is 1.92. The quantitative estimate of drug-likeness (QED) is 0.777. The summed E-state index contributed by atoms with van der Waals surface area (Å²) < 4.78 is 2.50. The van der Waals surface area contributed by atoms with Gasteiger partial charge in [-0.2, -0.15) is 0 Å². The van der Waals surface area contributed by atoms with E-state index in [2.05, 4.69) is 11.9 Å². The van der Waals surface area contributed by atoms with E-state index in [1.54, 1.807) is 6.20 Å². The molecule has 1 aliphatic carbocycles. The Hall–Kier alpha value is -0.900. The summed E-state index contributed by atoms with van der Waals surface area (Å²) >= 11 is 5.10. The monoisotopic (exact) mass is 210 g/mol. The highest BCUT2D eigenvalue weighted by Gasteiger charge is 2.24. The molecule has 0 radical (unpaired) electrons. The summed E-state index contributed by atoms with van der Waals surface area (Å²) in [5.74, 6) is 0.874. The van der Waals surface area contributed by atoms with Gasteiger partial charge in [-0.1, -0.05) is 12.8 Å². The van der Waals surface area contributed by atoms with Gasteiger partial charge in [-0.25, -0.2) is 0 Å². The van der Waals surface area contributed by atoms with E-state index in [-0.39, 0.29) is 5.56 Å². The largest absolute Gasteiger partial charge is 0.322 e. The van der Waals surface area contributed by atoms with Crippen molar-refractivity contribution in [3.8, 4) is 0 Å². The second-order valence-corrected chi connectivity index (χ2v) is 4.43. The summed E-state index contributed by atoms with van der Waals surface area (Å²) in [6.45, 7) is 2.15. The molecule has 1 atom stereocenters. The van der Waals surface area contributed by atoms with Crippen LogP contribution in [0, 0.1) is 10.7 Å². The van der Waals surface area contributed by atoms with Gasteiger partial charge in [0.2, 0.25) is 0 Å². The second kappa shape index (κ2) is 3.69. The van der Waals surface area contributed by atoms with Crippen LogP contribution < -0.4 is 5.56 Å². The molecule has 0 aromatic carbocycles. The van der Waals surface area contributed by atoms with Gasteiger partial charge in [0.1, 0.15) is 0 Å². The van der Waals surface area contributed by atoms with Crippen molar-refractivity contribution in [2.24, 2.45) is 5.92 Å². The maximum Gasteiger partial charge on any atom is 0.251 e. The zero-order chi connectivity index (χ0) is 10.1. The van der Waals surface area contributed by atoms with Crippen LogP contribution in [0.5, 0.6) is 0 Å². The van der Waals surface area contributed by atoms with E-state index in [1.165, 1.54) is 25.3 Å². The zero-order valence-corrected chi connectivity index (χ0v) is 9.01. The molecule has 1 aromatic rings. The van der Waals surface area contributed by atoms with Crippen molar-refractivity contribution in [2.75, 3.05) is 0 Å². The lowest BCUT2D eigenvalue weighted by molar-refractivity contribution is 0.463. The van der Waals surface area contributed by atoms with Gasteiger partial charge < -0.3 is 4.57 Å². The molecule has 0 saturated heterocycles. The fraction of sp³-hybridized carbons (Fsp3) is 0.600. The van der Waals surface area contributed by atoms with Crippen LogP contribution in [0.2, 0.25) is 0 Å². The normalized spacial score (nSPS) is 18.1. The van der Waals surface area contributed by atoms with Gasteiger partial charge in [-0.15, -0.1) is 0 Å². The highest BCUT2D eigenvalue weighted by atomic mass is 32.1. The predicted molar refractivity (Wildman–Crippen MR) is 57.9 cm³/mol. The van der Waals surface area contributed by atoms with E-state index in [4.69, 9.17) is 12.2 Å². The molecule has 0 bridgehead atoms. The van der Waals surface area contributed by atoms with E-state index in [1.807, 2.05) is 4.57 Å². The first-order valence-electron chi connectivity index (χ1n) is 4.98. The molecular weight excluding hydrogens is 196 g/mol. The first kappa shape index (κ1) is 9.65. The van der Waals surface area contributed by atoms with Crippen molar-refractivity contribution in [1.29, 1.82) is 0 Å². The summed E-state index contributed by atoms with van der Waals surface area (Å²) in [5.41, 5.74) is -0.120. The molecule has 1 aliphatic rings. The molecule has 0 amide bonds. The molecule has 1 unspecified atom stereocenters. The molecule has 3 nitrogen and oxygen atoms in total. The SMILES string of the molecule is CC(CC1CC1)n1ccc(=O)[nH]c1=S. The third kappa shape index (κ3) is 2.12. The van der Waals surface area contributed by atoms with Gasteiger partial charge in [0.05, 0.1) is 0 Å². The lowest BCUT2D eigenvalue weighted by Gasteiger charge is -2.14. The Kier molecular flexibility index (Phi) is 2.54. The number of H-pyrrole nitrogens is 1. The van der Waals surface area contributed by atoms with Crippen LogP contribution in [0.1, 0.15) is 32.2 Å². The van der Waals surface area contributed by atoms with Crippen molar-refractivity contribution in [3.05, 3.63) is 27.4 Å². The Balaban J connectivity index is 2.21. The summed E-state index contributed by atoms with van der Waals surface area (Å²) in [5, 5.41) is 0. The molecule has 1 heterocycles. The molecule has 1 aromatic heterocycles. The third-order valence-corrected chi connectivity index (χ3v) is 3.01. The third-order valence-electron chi connectivity index (χ3n) is 2.70.